The standard InChI is InChI=1S/C15H26N2O2/c1-15(2,3)10-13(18)17-8-6-12(7-9-17)16-14(19)11-4-5-11/h11-12H,4-10H2,1-3H3,(H,16,19). The van der Waals surface area contributed by atoms with Crippen LogP contribution in [-0.4, -0.2) is 35.8 Å². The molecule has 0 aromatic carbocycles. The van der Waals surface area contributed by atoms with Gasteiger partial charge in [-0.25, -0.2) is 0 Å². The van der Waals surface area contributed by atoms with Crippen molar-refractivity contribution in [2.24, 2.45) is 11.3 Å². The largest absolute Gasteiger partial charge is 0.353 e. The second kappa shape index (κ2) is 5.51. The van der Waals surface area contributed by atoms with Crippen molar-refractivity contribution in [3.05, 3.63) is 0 Å². The summed E-state index contributed by atoms with van der Waals surface area (Å²) >= 11 is 0. The first-order valence-electron chi connectivity index (χ1n) is 7.43. The molecule has 1 aliphatic heterocycles. The number of carbonyl (C=O) groups is 2. The lowest BCUT2D eigenvalue weighted by molar-refractivity contribution is -0.134. The van der Waals surface area contributed by atoms with Crippen LogP contribution >= 0.6 is 0 Å². The first-order valence-corrected chi connectivity index (χ1v) is 7.43. The van der Waals surface area contributed by atoms with Gasteiger partial charge in [0, 0.05) is 31.5 Å². The molecule has 2 amide bonds. The van der Waals surface area contributed by atoms with Crippen molar-refractivity contribution in [2.45, 2.75) is 58.9 Å². The molecule has 0 aromatic rings. The zero-order valence-electron chi connectivity index (χ0n) is 12.4. The van der Waals surface area contributed by atoms with E-state index in [-0.39, 0.29) is 29.2 Å². The minimum absolute atomic E-state index is 0.0497. The predicted molar refractivity (Wildman–Crippen MR) is 74.5 cm³/mol. The van der Waals surface area contributed by atoms with Gasteiger partial charge in [-0.15, -0.1) is 0 Å². The molecular weight excluding hydrogens is 240 g/mol. The summed E-state index contributed by atoms with van der Waals surface area (Å²) < 4.78 is 0. The van der Waals surface area contributed by atoms with Gasteiger partial charge in [0.25, 0.3) is 0 Å². The number of carbonyl (C=O) groups excluding carboxylic acids is 2. The van der Waals surface area contributed by atoms with Gasteiger partial charge < -0.3 is 10.2 Å². The molecule has 2 fully saturated rings. The van der Waals surface area contributed by atoms with E-state index in [1.807, 2.05) is 4.90 Å². The van der Waals surface area contributed by atoms with Gasteiger partial charge in [-0.1, -0.05) is 20.8 Å². The quantitative estimate of drug-likeness (QED) is 0.848. The average molecular weight is 266 g/mol. The zero-order chi connectivity index (χ0) is 14.0. The molecule has 0 atom stereocenters. The van der Waals surface area contributed by atoms with Crippen molar-refractivity contribution in [3.63, 3.8) is 0 Å². The van der Waals surface area contributed by atoms with E-state index in [9.17, 15) is 9.59 Å². The summed E-state index contributed by atoms with van der Waals surface area (Å²) in [6.07, 6.45) is 4.50. The van der Waals surface area contributed by atoms with Crippen LogP contribution in [0.15, 0.2) is 0 Å². The van der Waals surface area contributed by atoms with E-state index in [1.54, 1.807) is 0 Å². The number of likely N-dealkylation sites (tertiary alicyclic amines) is 1. The van der Waals surface area contributed by atoms with Crippen LogP contribution in [0.2, 0.25) is 0 Å². The fourth-order valence-electron chi connectivity index (χ4n) is 2.50. The Hall–Kier alpha value is -1.06. The smallest absolute Gasteiger partial charge is 0.223 e. The fourth-order valence-corrected chi connectivity index (χ4v) is 2.50. The first kappa shape index (κ1) is 14.4. The Morgan fingerprint density at radius 3 is 2.16 bits per heavy atom. The topological polar surface area (TPSA) is 49.4 Å². The molecule has 4 nitrogen and oxygen atoms in total. The van der Waals surface area contributed by atoms with Gasteiger partial charge in [-0.3, -0.25) is 9.59 Å². The van der Waals surface area contributed by atoms with E-state index in [0.29, 0.717) is 6.42 Å². The number of amides is 2. The van der Waals surface area contributed by atoms with E-state index in [1.165, 1.54) is 0 Å². The molecule has 19 heavy (non-hydrogen) atoms. The van der Waals surface area contributed by atoms with Gasteiger partial charge in [-0.2, -0.15) is 0 Å². The van der Waals surface area contributed by atoms with Crippen molar-refractivity contribution in [1.29, 1.82) is 0 Å². The van der Waals surface area contributed by atoms with E-state index in [2.05, 4.69) is 26.1 Å². The Morgan fingerprint density at radius 1 is 1.11 bits per heavy atom. The van der Waals surface area contributed by atoms with E-state index < -0.39 is 0 Å². The van der Waals surface area contributed by atoms with Crippen LogP contribution in [0.3, 0.4) is 0 Å². The molecule has 1 N–H and O–H groups in total. The lowest BCUT2D eigenvalue weighted by Crippen LogP contribution is -2.47. The average Bonchev–Trinajstić information content (AvgIpc) is 3.11. The van der Waals surface area contributed by atoms with Crippen molar-refractivity contribution >= 4 is 11.8 Å². The molecule has 1 saturated heterocycles. The highest BCUT2D eigenvalue weighted by Gasteiger charge is 2.32. The third-order valence-electron chi connectivity index (χ3n) is 3.82. The summed E-state index contributed by atoms with van der Waals surface area (Å²) in [6, 6.07) is 0.270. The monoisotopic (exact) mass is 266 g/mol. The molecule has 108 valence electrons. The van der Waals surface area contributed by atoms with E-state index in [0.717, 1.165) is 38.8 Å². The van der Waals surface area contributed by atoms with Gasteiger partial charge in [0.15, 0.2) is 0 Å². The Bertz CT molecular complexity index is 348. The first-order chi connectivity index (χ1) is 8.85. The third-order valence-corrected chi connectivity index (χ3v) is 3.82. The summed E-state index contributed by atoms with van der Waals surface area (Å²) in [4.78, 5) is 25.7. The lowest BCUT2D eigenvalue weighted by atomic mass is 9.91. The third kappa shape index (κ3) is 4.51. The van der Waals surface area contributed by atoms with Crippen LogP contribution in [0.4, 0.5) is 0 Å². The predicted octanol–water partition coefficient (Wildman–Crippen LogP) is 1.94. The minimum Gasteiger partial charge on any atom is -0.353 e. The van der Waals surface area contributed by atoms with Crippen LogP contribution in [0, 0.1) is 11.3 Å². The van der Waals surface area contributed by atoms with Gasteiger partial charge in [0.1, 0.15) is 0 Å². The Balaban J connectivity index is 1.72. The molecular formula is C15H26N2O2. The molecule has 1 aliphatic carbocycles. The molecule has 0 unspecified atom stereocenters. The summed E-state index contributed by atoms with van der Waals surface area (Å²) in [5.41, 5.74) is 0.0497. The maximum atomic E-state index is 12.1. The van der Waals surface area contributed by atoms with Gasteiger partial charge in [0.2, 0.25) is 11.8 Å². The van der Waals surface area contributed by atoms with Gasteiger partial charge in [0.05, 0.1) is 0 Å². The molecule has 0 aromatic heterocycles. The maximum absolute atomic E-state index is 12.1. The lowest BCUT2D eigenvalue weighted by Gasteiger charge is -2.34. The molecule has 4 heteroatoms. The minimum atomic E-state index is 0.0497. The molecule has 2 rings (SSSR count). The van der Waals surface area contributed by atoms with Gasteiger partial charge in [-0.05, 0) is 31.1 Å². The van der Waals surface area contributed by atoms with Crippen LogP contribution in [-0.2, 0) is 9.59 Å². The van der Waals surface area contributed by atoms with Crippen molar-refractivity contribution in [2.75, 3.05) is 13.1 Å². The Kier molecular flexibility index (Phi) is 4.16. The summed E-state index contributed by atoms with van der Waals surface area (Å²) in [5.74, 6) is 0.750. The second-order valence-corrected chi connectivity index (χ2v) is 7.18. The molecule has 0 bridgehead atoms. The van der Waals surface area contributed by atoms with Crippen LogP contribution in [0.5, 0.6) is 0 Å². The van der Waals surface area contributed by atoms with Crippen LogP contribution in [0.25, 0.3) is 0 Å². The van der Waals surface area contributed by atoms with Crippen molar-refractivity contribution in [3.8, 4) is 0 Å². The summed E-state index contributed by atoms with van der Waals surface area (Å²) in [6.45, 7) is 7.84. The van der Waals surface area contributed by atoms with Gasteiger partial charge >= 0.3 is 0 Å². The normalized spacial score (nSPS) is 21.3. The Labute approximate surface area is 115 Å². The Morgan fingerprint density at radius 2 is 1.68 bits per heavy atom. The molecule has 1 heterocycles. The maximum Gasteiger partial charge on any atom is 0.223 e. The summed E-state index contributed by atoms with van der Waals surface area (Å²) in [7, 11) is 0. The van der Waals surface area contributed by atoms with Crippen molar-refractivity contribution < 1.29 is 9.59 Å². The number of nitrogens with one attached hydrogen (secondary N) is 1. The summed E-state index contributed by atoms with van der Waals surface area (Å²) in [5, 5.41) is 3.11. The SMILES string of the molecule is CC(C)(C)CC(=O)N1CCC(NC(=O)C2CC2)CC1. The zero-order valence-corrected chi connectivity index (χ0v) is 12.4. The highest BCUT2D eigenvalue weighted by molar-refractivity contribution is 5.81. The highest BCUT2D eigenvalue weighted by Crippen LogP contribution is 2.29. The second-order valence-electron chi connectivity index (χ2n) is 7.18. The fraction of sp³-hybridized carbons (Fsp3) is 0.867. The number of rotatable bonds is 3. The van der Waals surface area contributed by atoms with E-state index in [4.69, 9.17) is 0 Å². The van der Waals surface area contributed by atoms with Crippen molar-refractivity contribution in [1.82, 2.24) is 10.2 Å². The highest BCUT2D eigenvalue weighted by atomic mass is 16.2. The molecule has 0 radical (unpaired) electrons. The van der Waals surface area contributed by atoms with Crippen LogP contribution < -0.4 is 5.32 Å². The molecule has 1 saturated carbocycles. The van der Waals surface area contributed by atoms with E-state index >= 15 is 0 Å². The number of hydrogen-bond acceptors (Lipinski definition) is 2. The molecule has 0 spiro atoms. The van der Waals surface area contributed by atoms with Crippen LogP contribution in [0.1, 0.15) is 52.9 Å². The number of nitrogens with zero attached hydrogens (tertiary/aromatic N) is 1. The number of hydrogen-bond donors (Lipinski definition) is 1. The number of piperidine rings is 1. The molecule has 2 aliphatic rings.